The van der Waals surface area contributed by atoms with Crippen LogP contribution in [0.2, 0.25) is 0 Å². The molecule has 12 heteroatoms. The Kier molecular flexibility index (Phi) is 6.76. The number of anilines is 1. The first kappa shape index (κ1) is 22.5. The first-order chi connectivity index (χ1) is 14.6. The third kappa shape index (κ3) is 5.70. The van der Waals surface area contributed by atoms with Gasteiger partial charge in [-0.2, -0.15) is 18.2 Å². The zero-order valence-corrected chi connectivity index (χ0v) is 16.8. The fourth-order valence-corrected chi connectivity index (χ4v) is 3.53. The molecule has 0 spiro atoms. The van der Waals surface area contributed by atoms with Crippen LogP contribution >= 0.6 is 0 Å². The summed E-state index contributed by atoms with van der Waals surface area (Å²) in [5, 5.41) is 17.9. The van der Waals surface area contributed by atoms with Crippen LogP contribution in [-0.4, -0.2) is 40.6 Å². The summed E-state index contributed by atoms with van der Waals surface area (Å²) < 4.78 is 43.6. The molecule has 1 aromatic heterocycles. The van der Waals surface area contributed by atoms with Gasteiger partial charge in [-0.25, -0.2) is 0 Å². The fraction of sp³-hybridized carbons (Fsp3) is 0.526. The molecule has 1 aromatic carbocycles. The number of alkyl halides is 3. The SMILES string of the molecule is Cc1noc(CCCNC(=O)C2CCN(c3ccc(C(F)(F)F)cc3[N+](=O)[O-])CC2)n1. The summed E-state index contributed by atoms with van der Waals surface area (Å²) in [4.78, 5) is 28.6. The van der Waals surface area contributed by atoms with Crippen molar-refractivity contribution in [3.05, 3.63) is 45.6 Å². The van der Waals surface area contributed by atoms with Gasteiger partial charge in [0, 0.05) is 38.0 Å². The van der Waals surface area contributed by atoms with Crippen LogP contribution in [0.25, 0.3) is 0 Å². The second-order valence-corrected chi connectivity index (χ2v) is 7.35. The summed E-state index contributed by atoms with van der Waals surface area (Å²) in [7, 11) is 0. The van der Waals surface area contributed by atoms with E-state index >= 15 is 0 Å². The van der Waals surface area contributed by atoms with Gasteiger partial charge >= 0.3 is 6.18 Å². The average Bonchev–Trinajstić information content (AvgIpc) is 3.15. The number of nitro groups is 1. The molecule has 0 atom stereocenters. The van der Waals surface area contributed by atoms with E-state index in [1.54, 1.807) is 11.8 Å². The highest BCUT2D eigenvalue weighted by Gasteiger charge is 2.34. The molecule has 31 heavy (non-hydrogen) atoms. The topological polar surface area (TPSA) is 114 Å². The quantitative estimate of drug-likeness (QED) is 0.398. The van der Waals surface area contributed by atoms with Gasteiger partial charge < -0.3 is 14.7 Å². The van der Waals surface area contributed by atoms with Gasteiger partial charge in [0.05, 0.1) is 10.5 Å². The number of benzene rings is 1. The second-order valence-electron chi connectivity index (χ2n) is 7.35. The lowest BCUT2D eigenvalue weighted by molar-refractivity contribution is -0.384. The summed E-state index contributed by atoms with van der Waals surface area (Å²) in [6.07, 6.45) is -2.56. The Morgan fingerprint density at radius 1 is 1.35 bits per heavy atom. The molecule has 9 nitrogen and oxygen atoms in total. The Hall–Kier alpha value is -3.18. The minimum Gasteiger partial charge on any atom is -0.366 e. The Morgan fingerprint density at radius 3 is 2.65 bits per heavy atom. The Bertz CT molecular complexity index is 939. The number of carbonyl (C=O) groups excluding carboxylic acids is 1. The summed E-state index contributed by atoms with van der Waals surface area (Å²) in [5.41, 5.74) is -1.52. The van der Waals surface area contributed by atoms with Gasteiger partial charge in [-0.05, 0) is 38.3 Å². The van der Waals surface area contributed by atoms with Crippen molar-refractivity contribution in [3.63, 3.8) is 0 Å². The average molecular weight is 441 g/mol. The van der Waals surface area contributed by atoms with Gasteiger partial charge in [0.25, 0.3) is 5.69 Å². The number of halogens is 3. The van der Waals surface area contributed by atoms with Crippen LogP contribution < -0.4 is 10.2 Å². The number of hydrogen-bond donors (Lipinski definition) is 1. The van der Waals surface area contributed by atoms with Crippen LogP contribution in [-0.2, 0) is 17.4 Å². The number of aryl methyl sites for hydroxylation is 2. The number of carbonyl (C=O) groups is 1. The third-order valence-corrected chi connectivity index (χ3v) is 5.14. The van der Waals surface area contributed by atoms with Gasteiger partial charge in [0.15, 0.2) is 5.82 Å². The molecule has 168 valence electrons. The number of rotatable bonds is 7. The van der Waals surface area contributed by atoms with Crippen molar-refractivity contribution in [3.8, 4) is 0 Å². The maximum absolute atomic E-state index is 12.9. The van der Waals surface area contributed by atoms with E-state index < -0.39 is 22.4 Å². The molecule has 2 aromatic rings. The van der Waals surface area contributed by atoms with Crippen molar-refractivity contribution >= 4 is 17.3 Å². The van der Waals surface area contributed by atoms with E-state index in [1.165, 1.54) is 0 Å². The molecule has 1 amide bonds. The summed E-state index contributed by atoms with van der Waals surface area (Å²) in [6.45, 7) is 2.85. The molecule has 3 rings (SSSR count). The van der Waals surface area contributed by atoms with E-state index in [0.717, 1.165) is 12.1 Å². The molecule has 1 saturated heterocycles. The van der Waals surface area contributed by atoms with Crippen molar-refractivity contribution < 1.29 is 27.4 Å². The summed E-state index contributed by atoms with van der Waals surface area (Å²) in [5.74, 6) is 0.705. The predicted molar refractivity (Wildman–Crippen MR) is 103 cm³/mol. The van der Waals surface area contributed by atoms with Crippen molar-refractivity contribution in [2.24, 2.45) is 5.92 Å². The van der Waals surface area contributed by atoms with Crippen molar-refractivity contribution in [1.29, 1.82) is 0 Å². The number of aromatic nitrogens is 2. The number of hydrogen-bond acceptors (Lipinski definition) is 7. The highest BCUT2D eigenvalue weighted by Crippen LogP contribution is 2.37. The Labute approximate surface area is 175 Å². The predicted octanol–water partition coefficient (Wildman–Crippen LogP) is 3.27. The van der Waals surface area contributed by atoms with Crippen LogP contribution in [0.5, 0.6) is 0 Å². The molecule has 0 saturated carbocycles. The van der Waals surface area contributed by atoms with Crippen molar-refractivity contribution in [2.45, 2.75) is 38.8 Å². The van der Waals surface area contributed by atoms with E-state index in [9.17, 15) is 28.1 Å². The van der Waals surface area contributed by atoms with Gasteiger partial charge in [-0.3, -0.25) is 14.9 Å². The maximum Gasteiger partial charge on any atom is 0.416 e. The van der Waals surface area contributed by atoms with E-state index in [-0.39, 0.29) is 17.5 Å². The highest BCUT2D eigenvalue weighted by molar-refractivity contribution is 5.79. The number of nitrogens with one attached hydrogen (secondary N) is 1. The standard InChI is InChI=1S/C19H22F3N5O4/c1-12-24-17(31-25-12)3-2-8-23-18(28)13-6-9-26(10-7-13)15-5-4-14(19(20,21)22)11-16(15)27(29)30/h4-5,11,13H,2-3,6-10H2,1H3,(H,23,28). The van der Waals surface area contributed by atoms with Crippen LogP contribution in [0.3, 0.4) is 0 Å². The number of amides is 1. The minimum absolute atomic E-state index is 0.108. The zero-order valence-electron chi connectivity index (χ0n) is 16.8. The summed E-state index contributed by atoms with van der Waals surface area (Å²) in [6, 6.07) is 2.52. The largest absolute Gasteiger partial charge is 0.416 e. The van der Waals surface area contributed by atoms with Crippen LogP contribution in [0.4, 0.5) is 24.5 Å². The lowest BCUT2D eigenvalue weighted by Gasteiger charge is -2.32. The first-order valence-electron chi connectivity index (χ1n) is 9.82. The molecule has 1 aliphatic heterocycles. The normalized spacial score (nSPS) is 15.2. The minimum atomic E-state index is -4.66. The van der Waals surface area contributed by atoms with Crippen LogP contribution in [0.1, 0.15) is 36.5 Å². The van der Waals surface area contributed by atoms with Gasteiger partial charge in [-0.1, -0.05) is 5.16 Å². The Morgan fingerprint density at radius 2 is 2.06 bits per heavy atom. The van der Waals surface area contributed by atoms with E-state index in [0.29, 0.717) is 63.1 Å². The molecule has 0 bridgehead atoms. The summed E-state index contributed by atoms with van der Waals surface area (Å²) >= 11 is 0. The first-order valence-corrected chi connectivity index (χ1v) is 9.82. The molecule has 0 aliphatic carbocycles. The zero-order chi connectivity index (χ0) is 22.6. The van der Waals surface area contributed by atoms with Crippen LogP contribution in [0, 0.1) is 23.0 Å². The highest BCUT2D eigenvalue weighted by atomic mass is 19.4. The molecular weight excluding hydrogens is 419 g/mol. The second kappa shape index (κ2) is 9.31. The van der Waals surface area contributed by atoms with Crippen LogP contribution in [0.15, 0.2) is 22.7 Å². The number of nitro benzene ring substituents is 1. The lowest BCUT2D eigenvalue weighted by Crippen LogP contribution is -2.41. The fourth-order valence-electron chi connectivity index (χ4n) is 3.53. The lowest BCUT2D eigenvalue weighted by atomic mass is 9.95. The molecule has 2 heterocycles. The molecule has 1 aliphatic rings. The molecule has 0 unspecified atom stereocenters. The number of piperidine rings is 1. The molecule has 1 fully saturated rings. The maximum atomic E-state index is 12.9. The van der Waals surface area contributed by atoms with E-state index in [4.69, 9.17) is 4.52 Å². The smallest absolute Gasteiger partial charge is 0.366 e. The van der Waals surface area contributed by atoms with Crippen molar-refractivity contribution in [1.82, 2.24) is 15.5 Å². The Balaban J connectivity index is 1.51. The monoisotopic (exact) mass is 441 g/mol. The van der Waals surface area contributed by atoms with Gasteiger partial charge in [0.2, 0.25) is 11.8 Å². The molecular formula is C19H22F3N5O4. The van der Waals surface area contributed by atoms with Gasteiger partial charge in [-0.15, -0.1) is 0 Å². The van der Waals surface area contributed by atoms with E-state index in [2.05, 4.69) is 15.5 Å². The number of nitrogens with zero attached hydrogens (tertiary/aromatic N) is 4. The van der Waals surface area contributed by atoms with Gasteiger partial charge in [0.1, 0.15) is 5.69 Å². The van der Waals surface area contributed by atoms with E-state index in [1.807, 2.05) is 0 Å². The molecule has 1 N–H and O–H groups in total. The van der Waals surface area contributed by atoms with Crippen molar-refractivity contribution in [2.75, 3.05) is 24.5 Å². The third-order valence-electron chi connectivity index (χ3n) is 5.14. The molecule has 0 radical (unpaired) electrons.